The summed E-state index contributed by atoms with van der Waals surface area (Å²) in [4.78, 5) is 0. The minimum absolute atomic E-state index is 0.811. The van der Waals surface area contributed by atoms with Crippen LogP contribution in [0.3, 0.4) is 0 Å². The molecule has 0 bridgehead atoms. The molecule has 1 aromatic heterocycles. The van der Waals surface area contributed by atoms with Crippen molar-refractivity contribution in [3.8, 4) is 0 Å². The minimum Gasteiger partial charge on any atom is -0.466 e. The monoisotopic (exact) mass is 230 g/mol. The molecule has 1 heterocycles. The van der Waals surface area contributed by atoms with Crippen LogP contribution in [0, 0.1) is 6.92 Å². The van der Waals surface area contributed by atoms with Crippen LogP contribution in [-0.4, -0.2) is 6.54 Å². The van der Waals surface area contributed by atoms with Crippen LogP contribution in [0.5, 0.6) is 0 Å². The van der Waals surface area contributed by atoms with Crippen molar-refractivity contribution in [2.45, 2.75) is 19.9 Å². The molecule has 90 valence electrons. The van der Waals surface area contributed by atoms with Gasteiger partial charge in [0.2, 0.25) is 0 Å². The van der Waals surface area contributed by atoms with E-state index < -0.39 is 0 Å². The molecule has 0 aliphatic heterocycles. The van der Waals surface area contributed by atoms with Gasteiger partial charge < -0.3 is 15.5 Å². The Morgan fingerprint density at radius 3 is 2.82 bits per heavy atom. The zero-order valence-corrected chi connectivity index (χ0v) is 10.1. The number of hydrogen-bond donors (Lipinski definition) is 2. The topological polar surface area (TPSA) is 51.2 Å². The number of anilines is 1. The van der Waals surface area contributed by atoms with Gasteiger partial charge in [-0.3, -0.25) is 0 Å². The Morgan fingerprint density at radius 1 is 1.24 bits per heavy atom. The zero-order valence-electron chi connectivity index (χ0n) is 10.1. The van der Waals surface area contributed by atoms with Crippen molar-refractivity contribution in [2.75, 3.05) is 12.3 Å². The Morgan fingerprint density at radius 2 is 2.12 bits per heavy atom. The summed E-state index contributed by atoms with van der Waals surface area (Å²) in [6.45, 7) is 3.70. The molecule has 0 amide bonds. The van der Waals surface area contributed by atoms with Crippen LogP contribution in [-0.2, 0) is 13.0 Å². The molecule has 0 fully saturated rings. The van der Waals surface area contributed by atoms with Crippen LogP contribution in [0.1, 0.15) is 17.1 Å². The first-order valence-corrected chi connectivity index (χ1v) is 5.84. The number of aryl methyl sites for hydroxylation is 1. The Labute approximate surface area is 102 Å². The first kappa shape index (κ1) is 11.7. The van der Waals surface area contributed by atoms with Crippen LogP contribution in [0.15, 0.2) is 40.8 Å². The number of hydrogen-bond acceptors (Lipinski definition) is 3. The van der Waals surface area contributed by atoms with Crippen molar-refractivity contribution >= 4 is 5.69 Å². The first-order valence-electron chi connectivity index (χ1n) is 5.84. The van der Waals surface area contributed by atoms with E-state index in [0.29, 0.717) is 0 Å². The van der Waals surface area contributed by atoms with E-state index in [1.165, 1.54) is 5.56 Å². The van der Waals surface area contributed by atoms with Crippen LogP contribution in [0.25, 0.3) is 0 Å². The normalized spacial score (nSPS) is 10.6. The van der Waals surface area contributed by atoms with Crippen molar-refractivity contribution in [2.24, 2.45) is 0 Å². The molecule has 0 spiro atoms. The SMILES string of the molecule is Cc1ccc(CCNCc2cccc(N)c2)o1. The van der Waals surface area contributed by atoms with Gasteiger partial charge in [-0.1, -0.05) is 12.1 Å². The van der Waals surface area contributed by atoms with E-state index in [9.17, 15) is 0 Å². The predicted octanol–water partition coefficient (Wildman–Crippen LogP) is 2.50. The number of furan rings is 1. The highest BCUT2D eigenvalue weighted by Gasteiger charge is 1.98. The van der Waals surface area contributed by atoms with E-state index in [0.717, 1.165) is 36.7 Å². The van der Waals surface area contributed by atoms with Gasteiger partial charge in [-0.15, -0.1) is 0 Å². The average molecular weight is 230 g/mol. The molecule has 17 heavy (non-hydrogen) atoms. The maximum absolute atomic E-state index is 5.71. The number of nitrogens with two attached hydrogens (primary N) is 1. The van der Waals surface area contributed by atoms with Gasteiger partial charge in [0, 0.05) is 25.2 Å². The van der Waals surface area contributed by atoms with E-state index in [-0.39, 0.29) is 0 Å². The van der Waals surface area contributed by atoms with Crippen molar-refractivity contribution in [1.29, 1.82) is 0 Å². The van der Waals surface area contributed by atoms with Crippen LogP contribution < -0.4 is 11.1 Å². The maximum Gasteiger partial charge on any atom is 0.105 e. The molecule has 2 rings (SSSR count). The van der Waals surface area contributed by atoms with E-state index >= 15 is 0 Å². The molecule has 0 aliphatic carbocycles. The van der Waals surface area contributed by atoms with Gasteiger partial charge in [-0.25, -0.2) is 0 Å². The summed E-state index contributed by atoms with van der Waals surface area (Å²) in [6, 6.07) is 12.0. The fourth-order valence-corrected chi connectivity index (χ4v) is 1.77. The molecule has 1 aromatic carbocycles. The van der Waals surface area contributed by atoms with Gasteiger partial charge >= 0.3 is 0 Å². The fourth-order valence-electron chi connectivity index (χ4n) is 1.77. The Kier molecular flexibility index (Phi) is 3.83. The third-order valence-corrected chi connectivity index (χ3v) is 2.62. The molecular weight excluding hydrogens is 212 g/mol. The quantitative estimate of drug-likeness (QED) is 0.613. The molecule has 3 N–H and O–H groups in total. The summed E-state index contributed by atoms with van der Waals surface area (Å²) in [5.74, 6) is 2.00. The Hall–Kier alpha value is -1.74. The van der Waals surface area contributed by atoms with E-state index in [2.05, 4.69) is 11.4 Å². The second-order valence-electron chi connectivity index (χ2n) is 4.18. The summed E-state index contributed by atoms with van der Waals surface area (Å²) >= 11 is 0. The first-order chi connectivity index (χ1) is 8.24. The van der Waals surface area contributed by atoms with Crippen molar-refractivity contribution in [3.05, 3.63) is 53.5 Å². The molecule has 0 saturated heterocycles. The van der Waals surface area contributed by atoms with Gasteiger partial charge in [-0.05, 0) is 36.8 Å². The molecule has 0 atom stereocenters. The van der Waals surface area contributed by atoms with Crippen LogP contribution >= 0.6 is 0 Å². The molecule has 3 nitrogen and oxygen atoms in total. The summed E-state index contributed by atoms with van der Waals surface area (Å²) in [6.07, 6.45) is 0.913. The second-order valence-corrected chi connectivity index (χ2v) is 4.18. The highest BCUT2D eigenvalue weighted by molar-refractivity contribution is 5.40. The van der Waals surface area contributed by atoms with Gasteiger partial charge in [0.1, 0.15) is 11.5 Å². The maximum atomic E-state index is 5.71. The third kappa shape index (κ3) is 3.64. The smallest absolute Gasteiger partial charge is 0.105 e. The second kappa shape index (κ2) is 5.55. The predicted molar refractivity (Wildman–Crippen MR) is 69.7 cm³/mol. The van der Waals surface area contributed by atoms with Gasteiger partial charge in [0.05, 0.1) is 0 Å². The van der Waals surface area contributed by atoms with E-state index in [1.807, 2.05) is 37.3 Å². The van der Waals surface area contributed by atoms with Crippen molar-refractivity contribution in [3.63, 3.8) is 0 Å². The van der Waals surface area contributed by atoms with E-state index in [4.69, 9.17) is 10.2 Å². The lowest BCUT2D eigenvalue weighted by atomic mass is 10.2. The molecule has 0 unspecified atom stereocenters. The summed E-state index contributed by atoms with van der Waals surface area (Å²) in [5.41, 5.74) is 7.73. The molecule has 3 heteroatoms. The highest BCUT2D eigenvalue weighted by atomic mass is 16.3. The van der Waals surface area contributed by atoms with Gasteiger partial charge in [-0.2, -0.15) is 0 Å². The summed E-state index contributed by atoms with van der Waals surface area (Å²) < 4.78 is 5.49. The van der Waals surface area contributed by atoms with Gasteiger partial charge in [0.15, 0.2) is 0 Å². The van der Waals surface area contributed by atoms with Crippen molar-refractivity contribution in [1.82, 2.24) is 5.32 Å². The Bertz CT molecular complexity index is 477. The van der Waals surface area contributed by atoms with E-state index in [1.54, 1.807) is 0 Å². The highest BCUT2D eigenvalue weighted by Crippen LogP contribution is 2.07. The fraction of sp³-hybridized carbons (Fsp3) is 0.286. The molecular formula is C14H18N2O. The largest absolute Gasteiger partial charge is 0.466 e. The number of benzene rings is 1. The van der Waals surface area contributed by atoms with Crippen molar-refractivity contribution < 1.29 is 4.42 Å². The molecule has 0 radical (unpaired) electrons. The average Bonchev–Trinajstić information content (AvgIpc) is 2.71. The zero-order chi connectivity index (χ0) is 12.1. The minimum atomic E-state index is 0.811. The van der Waals surface area contributed by atoms with Gasteiger partial charge in [0.25, 0.3) is 0 Å². The standard InChI is InChI=1S/C14H18N2O/c1-11-5-6-14(17-11)7-8-16-10-12-3-2-4-13(15)9-12/h2-6,9,16H,7-8,10,15H2,1H3. The lowest BCUT2D eigenvalue weighted by Gasteiger charge is -2.04. The lowest BCUT2D eigenvalue weighted by molar-refractivity contribution is 0.475. The third-order valence-electron chi connectivity index (χ3n) is 2.62. The Balaban J connectivity index is 1.73. The molecule has 0 saturated carbocycles. The summed E-state index contributed by atoms with van der Waals surface area (Å²) in [5, 5.41) is 3.37. The molecule has 2 aromatic rings. The summed E-state index contributed by atoms with van der Waals surface area (Å²) in [7, 11) is 0. The lowest BCUT2D eigenvalue weighted by Crippen LogP contribution is -2.16. The number of nitrogen functional groups attached to an aromatic ring is 1. The van der Waals surface area contributed by atoms with Crippen LogP contribution in [0.2, 0.25) is 0 Å². The molecule has 0 aliphatic rings. The van der Waals surface area contributed by atoms with Crippen LogP contribution in [0.4, 0.5) is 5.69 Å². The number of nitrogens with one attached hydrogen (secondary N) is 1. The number of rotatable bonds is 5.